The lowest BCUT2D eigenvalue weighted by molar-refractivity contribution is 0.145. The van der Waals surface area contributed by atoms with Gasteiger partial charge in [0.1, 0.15) is 5.84 Å². The molecule has 2 aromatic rings. The molecule has 7 heteroatoms. The predicted molar refractivity (Wildman–Crippen MR) is 114 cm³/mol. The molecule has 146 valence electrons. The van der Waals surface area contributed by atoms with E-state index in [0.717, 1.165) is 47.9 Å². The quantitative estimate of drug-likeness (QED) is 0.536. The van der Waals surface area contributed by atoms with Crippen LogP contribution in [-0.4, -0.2) is 62.4 Å². The third kappa shape index (κ3) is 4.88. The molecule has 1 aliphatic rings. The van der Waals surface area contributed by atoms with Crippen molar-refractivity contribution in [2.75, 3.05) is 44.8 Å². The molecule has 0 bridgehead atoms. The first-order valence-electron chi connectivity index (χ1n) is 9.40. The largest absolute Gasteiger partial charge is 0.378 e. The summed E-state index contributed by atoms with van der Waals surface area (Å²) in [6.07, 6.45) is 8.02. The minimum atomic E-state index is 0.573. The molecular formula is C21H26N6O. The SMILES string of the molecule is C=N/C(=C1/CCN(c2cccnc2)/C1=N/CCOCCNC)c1cccnc1. The number of aliphatic imine (C=N–C) groups is 2. The fourth-order valence-corrected chi connectivity index (χ4v) is 3.13. The maximum atomic E-state index is 5.62. The van der Waals surface area contributed by atoms with Crippen molar-refractivity contribution in [2.45, 2.75) is 6.42 Å². The van der Waals surface area contributed by atoms with Crippen LogP contribution in [0.1, 0.15) is 12.0 Å². The molecule has 1 fully saturated rings. The lowest BCUT2D eigenvalue weighted by atomic mass is 10.1. The Bertz CT molecular complexity index is 819. The van der Waals surface area contributed by atoms with Gasteiger partial charge in [-0.05, 0) is 44.5 Å². The Morgan fingerprint density at radius 3 is 2.71 bits per heavy atom. The maximum Gasteiger partial charge on any atom is 0.133 e. The molecule has 0 radical (unpaired) electrons. The van der Waals surface area contributed by atoms with Crippen molar-refractivity contribution < 1.29 is 4.74 Å². The van der Waals surface area contributed by atoms with Gasteiger partial charge in [0.2, 0.25) is 0 Å². The van der Waals surface area contributed by atoms with E-state index in [9.17, 15) is 0 Å². The molecule has 2 aromatic heterocycles. The van der Waals surface area contributed by atoms with Crippen LogP contribution in [0.4, 0.5) is 5.69 Å². The molecule has 3 heterocycles. The minimum absolute atomic E-state index is 0.573. The zero-order chi connectivity index (χ0) is 19.6. The van der Waals surface area contributed by atoms with Crippen molar-refractivity contribution in [1.82, 2.24) is 15.3 Å². The van der Waals surface area contributed by atoms with Gasteiger partial charge in [0.15, 0.2) is 0 Å². The number of nitrogens with zero attached hydrogens (tertiary/aromatic N) is 5. The van der Waals surface area contributed by atoms with E-state index in [2.05, 4.69) is 31.9 Å². The van der Waals surface area contributed by atoms with E-state index in [1.807, 2.05) is 43.7 Å². The van der Waals surface area contributed by atoms with Gasteiger partial charge in [-0.1, -0.05) is 0 Å². The second kappa shape index (κ2) is 10.4. The van der Waals surface area contributed by atoms with Gasteiger partial charge in [0.05, 0.1) is 37.3 Å². The highest BCUT2D eigenvalue weighted by atomic mass is 16.5. The van der Waals surface area contributed by atoms with Crippen LogP contribution in [0, 0.1) is 0 Å². The molecule has 28 heavy (non-hydrogen) atoms. The maximum absolute atomic E-state index is 5.62. The van der Waals surface area contributed by atoms with Crippen molar-refractivity contribution >= 4 is 23.9 Å². The number of amidine groups is 1. The van der Waals surface area contributed by atoms with Gasteiger partial charge in [-0.25, -0.2) is 0 Å². The van der Waals surface area contributed by atoms with Crippen LogP contribution in [-0.2, 0) is 4.74 Å². The molecule has 0 unspecified atom stereocenters. The summed E-state index contributed by atoms with van der Waals surface area (Å²) in [5.74, 6) is 0.900. The van der Waals surface area contributed by atoms with Gasteiger partial charge in [-0.15, -0.1) is 0 Å². The molecule has 0 spiro atoms. The predicted octanol–water partition coefficient (Wildman–Crippen LogP) is 2.43. The van der Waals surface area contributed by atoms with Gasteiger partial charge in [-0.3, -0.25) is 20.0 Å². The summed E-state index contributed by atoms with van der Waals surface area (Å²) in [6.45, 7) is 7.26. The Balaban J connectivity index is 1.90. The van der Waals surface area contributed by atoms with E-state index < -0.39 is 0 Å². The number of nitrogens with one attached hydrogen (secondary N) is 1. The molecular weight excluding hydrogens is 352 g/mol. The second-order valence-corrected chi connectivity index (χ2v) is 6.26. The summed E-state index contributed by atoms with van der Waals surface area (Å²) in [7, 11) is 1.91. The number of hydrogen-bond donors (Lipinski definition) is 1. The van der Waals surface area contributed by atoms with Gasteiger partial charge >= 0.3 is 0 Å². The van der Waals surface area contributed by atoms with Gasteiger partial charge in [0, 0.05) is 42.8 Å². The van der Waals surface area contributed by atoms with E-state index in [1.165, 1.54) is 0 Å². The third-order valence-corrected chi connectivity index (χ3v) is 4.44. The normalized spacial score (nSPS) is 17.2. The highest BCUT2D eigenvalue weighted by molar-refractivity contribution is 6.16. The van der Waals surface area contributed by atoms with Crippen LogP contribution in [0.2, 0.25) is 0 Å². The van der Waals surface area contributed by atoms with Crippen LogP contribution in [0.5, 0.6) is 0 Å². The van der Waals surface area contributed by atoms with Crippen molar-refractivity contribution in [1.29, 1.82) is 0 Å². The van der Waals surface area contributed by atoms with Gasteiger partial charge in [-0.2, -0.15) is 0 Å². The van der Waals surface area contributed by atoms with Crippen molar-refractivity contribution in [3.63, 3.8) is 0 Å². The fourth-order valence-electron chi connectivity index (χ4n) is 3.13. The van der Waals surface area contributed by atoms with E-state index >= 15 is 0 Å². The molecule has 0 amide bonds. The summed E-state index contributed by atoms with van der Waals surface area (Å²) >= 11 is 0. The number of rotatable bonds is 9. The summed E-state index contributed by atoms with van der Waals surface area (Å²) < 4.78 is 5.62. The topological polar surface area (TPSA) is 75.0 Å². The smallest absolute Gasteiger partial charge is 0.133 e. The molecule has 7 nitrogen and oxygen atoms in total. The molecule has 0 atom stereocenters. The highest BCUT2D eigenvalue weighted by Crippen LogP contribution is 2.31. The van der Waals surface area contributed by atoms with E-state index in [1.54, 1.807) is 12.4 Å². The van der Waals surface area contributed by atoms with Crippen LogP contribution < -0.4 is 10.2 Å². The summed E-state index contributed by atoms with van der Waals surface area (Å²) in [4.78, 5) is 19.8. The Morgan fingerprint density at radius 1 is 1.21 bits per heavy atom. The number of anilines is 1. The average Bonchev–Trinajstić information content (AvgIpc) is 3.16. The standard InChI is InChI=1S/C21H26N6O/c1-22-10-13-28-14-11-26-21-19(20(23-2)17-5-3-8-24-15-17)7-12-27(21)18-6-4-9-25-16-18/h3-6,8-9,15-16,22H,2,7,10-14H2,1H3/b20-19-,26-21+. The van der Waals surface area contributed by atoms with E-state index in [4.69, 9.17) is 9.73 Å². The Morgan fingerprint density at radius 2 is 2.04 bits per heavy atom. The molecule has 1 saturated heterocycles. The Hall–Kier alpha value is -2.90. The Kier molecular flexibility index (Phi) is 7.40. The van der Waals surface area contributed by atoms with Gasteiger partial charge < -0.3 is 15.0 Å². The first-order valence-corrected chi connectivity index (χ1v) is 9.40. The second-order valence-electron chi connectivity index (χ2n) is 6.26. The van der Waals surface area contributed by atoms with Crippen LogP contribution >= 0.6 is 0 Å². The van der Waals surface area contributed by atoms with Crippen LogP contribution in [0.15, 0.2) is 64.6 Å². The number of ether oxygens (including phenoxy) is 1. The third-order valence-electron chi connectivity index (χ3n) is 4.44. The van der Waals surface area contributed by atoms with Gasteiger partial charge in [0.25, 0.3) is 0 Å². The monoisotopic (exact) mass is 378 g/mol. The lowest BCUT2D eigenvalue weighted by Gasteiger charge is -2.19. The van der Waals surface area contributed by atoms with Crippen LogP contribution in [0.25, 0.3) is 5.70 Å². The zero-order valence-electron chi connectivity index (χ0n) is 16.2. The average molecular weight is 378 g/mol. The first-order chi connectivity index (χ1) is 13.8. The molecule has 0 aliphatic carbocycles. The molecule has 0 aromatic carbocycles. The van der Waals surface area contributed by atoms with Crippen LogP contribution in [0.3, 0.4) is 0 Å². The summed E-state index contributed by atoms with van der Waals surface area (Å²) in [5.41, 5.74) is 3.86. The summed E-state index contributed by atoms with van der Waals surface area (Å²) in [6, 6.07) is 7.87. The molecule has 0 saturated carbocycles. The number of likely N-dealkylation sites (N-methyl/N-ethyl adjacent to an activating group) is 1. The van der Waals surface area contributed by atoms with Crippen molar-refractivity contribution in [2.24, 2.45) is 9.98 Å². The zero-order valence-corrected chi connectivity index (χ0v) is 16.2. The fraction of sp³-hybridized carbons (Fsp3) is 0.333. The highest BCUT2D eigenvalue weighted by Gasteiger charge is 2.28. The Labute approximate surface area is 165 Å². The van der Waals surface area contributed by atoms with E-state index in [-0.39, 0.29) is 0 Å². The summed E-state index contributed by atoms with van der Waals surface area (Å²) in [5, 5.41) is 3.07. The number of hydrogen-bond acceptors (Lipinski definition) is 6. The number of pyridine rings is 2. The molecule has 1 N–H and O–H groups in total. The lowest BCUT2D eigenvalue weighted by Crippen LogP contribution is -2.26. The van der Waals surface area contributed by atoms with Crippen molar-refractivity contribution in [3.8, 4) is 0 Å². The number of aromatic nitrogens is 2. The molecule has 3 rings (SSSR count). The first kappa shape index (κ1) is 19.9. The van der Waals surface area contributed by atoms with Crippen molar-refractivity contribution in [3.05, 3.63) is 60.2 Å². The van der Waals surface area contributed by atoms with E-state index in [0.29, 0.717) is 19.8 Å². The molecule has 1 aliphatic heterocycles. The minimum Gasteiger partial charge on any atom is -0.378 e.